The molecule has 4 unspecified atom stereocenters. The van der Waals surface area contributed by atoms with E-state index >= 15 is 0 Å². The Hall–Kier alpha value is -1.84. The van der Waals surface area contributed by atoms with Crippen molar-refractivity contribution in [3.05, 3.63) is 35.4 Å². The first kappa shape index (κ1) is 11.9. The smallest absolute Gasteiger partial charge is 0.336 e. The maximum atomic E-state index is 12.3. The van der Waals surface area contributed by atoms with Gasteiger partial charge in [-0.25, -0.2) is 4.79 Å². The zero-order chi connectivity index (χ0) is 13.9. The largest absolute Gasteiger partial charge is 0.478 e. The summed E-state index contributed by atoms with van der Waals surface area (Å²) < 4.78 is 0. The molecule has 3 aliphatic carbocycles. The molecule has 2 bridgehead atoms. The molecule has 0 saturated heterocycles. The van der Waals surface area contributed by atoms with Gasteiger partial charge in [0.15, 0.2) is 0 Å². The molecular formula is C16H17NO3. The molecule has 1 amide bonds. The number of hydrogen-bond donors (Lipinski definition) is 2. The van der Waals surface area contributed by atoms with Crippen molar-refractivity contribution in [2.45, 2.75) is 25.3 Å². The Kier molecular flexibility index (Phi) is 2.43. The number of rotatable bonds is 3. The molecular weight excluding hydrogens is 254 g/mol. The van der Waals surface area contributed by atoms with Gasteiger partial charge in [0.05, 0.1) is 11.1 Å². The van der Waals surface area contributed by atoms with E-state index in [0.717, 1.165) is 11.8 Å². The standard InChI is InChI=1S/C16H17NO3/c18-15(10-3-1-2-4-11(10)16(19)20)17-14-12-8-5-6-9(7-8)13(12)14/h1-4,8-9,12-14H,5-7H2,(H,17,18)(H,19,20). The Balaban J connectivity index is 1.51. The van der Waals surface area contributed by atoms with Gasteiger partial charge in [0.1, 0.15) is 0 Å². The molecule has 0 spiro atoms. The molecule has 104 valence electrons. The molecule has 1 aromatic carbocycles. The second kappa shape index (κ2) is 4.08. The third-order valence-electron chi connectivity index (χ3n) is 5.44. The summed E-state index contributed by atoms with van der Waals surface area (Å²) in [5.74, 6) is 1.63. The van der Waals surface area contributed by atoms with E-state index in [1.54, 1.807) is 18.2 Å². The summed E-state index contributed by atoms with van der Waals surface area (Å²) in [5, 5.41) is 12.2. The van der Waals surface area contributed by atoms with Crippen molar-refractivity contribution in [3.8, 4) is 0 Å². The molecule has 0 radical (unpaired) electrons. The van der Waals surface area contributed by atoms with Gasteiger partial charge in [0.2, 0.25) is 0 Å². The highest BCUT2D eigenvalue weighted by atomic mass is 16.4. The Morgan fingerprint density at radius 2 is 1.65 bits per heavy atom. The summed E-state index contributed by atoms with van der Waals surface area (Å²) >= 11 is 0. The third kappa shape index (κ3) is 1.60. The summed E-state index contributed by atoms with van der Waals surface area (Å²) in [7, 11) is 0. The second-order valence-corrected chi connectivity index (χ2v) is 6.34. The maximum absolute atomic E-state index is 12.3. The van der Waals surface area contributed by atoms with Gasteiger partial charge in [-0.1, -0.05) is 12.1 Å². The van der Waals surface area contributed by atoms with Crippen molar-refractivity contribution in [2.24, 2.45) is 23.7 Å². The van der Waals surface area contributed by atoms with E-state index in [2.05, 4.69) is 5.32 Å². The number of nitrogens with one attached hydrogen (secondary N) is 1. The molecule has 0 heterocycles. The summed E-state index contributed by atoms with van der Waals surface area (Å²) in [4.78, 5) is 23.5. The predicted octanol–water partition coefficient (Wildman–Crippen LogP) is 2.16. The average molecular weight is 271 g/mol. The number of amides is 1. The van der Waals surface area contributed by atoms with Gasteiger partial charge >= 0.3 is 5.97 Å². The number of carboxylic acid groups (broad SMARTS) is 1. The maximum Gasteiger partial charge on any atom is 0.336 e. The lowest BCUT2D eigenvalue weighted by Gasteiger charge is -2.11. The lowest BCUT2D eigenvalue weighted by atomic mass is 10.0. The molecule has 4 atom stereocenters. The number of fused-ring (bicyclic) bond motifs is 5. The van der Waals surface area contributed by atoms with Crippen LogP contribution in [-0.2, 0) is 0 Å². The number of carboxylic acids is 1. The summed E-state index contributed by atoms with van der Waals surface area (Å²) in [6.07, 6.45) is 3.96. The molecule has 3 fully saturated rings. The van der Waals surface area contributed by atoms with Crippen LogP contribution in [0.25, 0.3) is 0 Å². The highest BCUT2D eigenvalue weighted by Crippen LogP contribution is 2.65. The molecule has 4 nitrogen and oxygen atoms in total. The van der Waals surface area contributed by atoms with Crippen molar-refractivity contribution >= 4 is 11.9 Å². The van der Waals surface area contributed by atoms with Crippen molar-refractivity contribution in [3.63, 3.8) is 0 Å². The van der Waals surface area contributed by atoms with Crippen LogP contribution in [0.15, 0.2) is 24.3 Å². The summed E-state index contributed by atoms with van der Waals surface area (Å²) in [5.41, 5.74) is 0.358. The second-order valence-electron chi connectivity index (χ2n) is 6.34. The van der Waals surface area contributed by atoms with Crippen molar-refractivity contribution in [1.82, 2.24) is 5.32 Å². The zero-order valence-electron chi connectivity index (χ0n) is 11.1. The lowest BCUT2D eigenvalue weighted by Crippen LogP contribution is -2.31. The summed E-state index contributed by atoms with van der Waals surface area (Å²) in [6, 6.07) is 6.71. The van der Waals surface area contributed by atoms with Gasteiger partial charge in [-0.3, -0.25) is 4.79 Å². The van der Waals surface area contributed by atoms with Gasteiger partial charge in [0, 0.05) is 6.04 Å². The van der Waals surface area contributed by atoms with E-state index in [9.17, 15) is 9.59 Å². The number of carbonyl (C=O) groups is 2. The Morgan fingerprint density at radius 1 is 1.05 bits per heavy atom. The molecule has 4 heteroatoms. The molecule has 2 N–H and O–H groups in total. The fraction of sp³-hybridized carbons (Fsp3) is 0.500. The van der Waals surface area contributed by atoms with Crippen LogP contribution >= 0.6 is 0 Å². The van der Waals surface area contributed by atoms with E-state index in [1.165, 1.54) is 25.3 Å². The van der Waals surface area contributed by atoms with Gasteiger partial charge in [-0.15, -0.1) is 0 Å². The van der Waals surface area contributed by atoms with E-state index in [0.29, 0.717) is 11.8 Å². The fourth-order valence-corrected chi connectivity index (χ4v) is 4.62. The van der Waals surface area contributed by atoms with Crippen LogP contribution in [0.3, 0.4) is 0 Å². The Bertz CT molecular complexity index is 581. The minimum atomic E-state index is -1.05. The fourth-order valence-electron chi connectivity index (χ4n) is 4.62. The lowest BCUT2D eigenvalue weighted by molar-refractivity contribution is 0.0690. The first-order valence-electron chi connectivity index (χ1n) is 7.30. The first-order valence-corrected chi connectivity index (χ1v) is 7.30. The Labute approximate surface area is 117 Å². The average Bonchev–Trinajstić information content (AvgIpc) is 2.84. The zero-order valence-corrected chi connectivity index (χ0v) is 11.1. The molecule has 1 aromatic rings. The third-order valence-corrected chi connectivity index (χ3v) is 5.44. The number of aromatic carboxylic acids is 1. The first-order chi connectivity index (χ1) is 9.66. The number of carbonyl (C=O) groups excluding carboxylic acids is 1. The minimum Gasteiger partial charge on any atom is -0.478 e. The van der Waals surface area contributed by atoms with E-state index in [-0.39, 0.29) is 23.1 Å². The minimum absolute atomic E-state index is 0.0822. The predicted molar refractivity (Wildman–Crippen MR) is 72.5 cm³/mol. The van der Waals surface area contributed by atoms with E-state index in [4.69, 9.17) is 5.11 Å². The van der Waals surface area contributed by atoms with Gasteiger partial charge < -0.3 is 10.4 Å². The van der Waals surface area contributed by atoms with Gasteiger partial charge in [-0.2, -0.15) is 0 Å². The topological polar surface area (TPSA) is 66.4 Å². The molecule has 0 aliphatic heterocycles. The SMILES string of the molecule is O=C(O)c1ccccc1C(=O)NC1C2C3CCC(C3)C12. The highest BCUT2D eigenvalue weighted by molar-refractivity contribution is 6.05. The highest BCUT2D eigenvalue weighted by Gasteiger charge is 2.65. The van der Waals surface area contributed by atoms with Crippen LogP contribution in [0.5, 0.6) is 0 Å². The van der Waals surface area contributed by atoms with Crippen LogP contribution in [0, 0.1) is 23.7 Å². The van der Waals surface area contributed by atoms with Crippen molar-refractivity contribution in [1.29, 1.82) is 0 Å². The monoisotopic (exact) mass is 271 g/mol. The van der Waals surface area contributed by atoms with Crippen LogP contribution in [0.1, 0.15) is 40.0 Å². The molecule has 20 heavy (non-hydrogen) atoms. The van der Waals surface area contributed by atoms with Crippen molar-refractivity contribution in [2.75, 3.05) is 0 Å². The normalized spacial score (nSPS) is 36.5. The summed E-state index contributed by atoms with van der Waals surface area (Å²) in [6.45, 7) is 0. The van der Waals surface area contributed by atoms with E-state index in [1.807, 2.05) is 0 Å². The number of hydrogen-bond acceptors (Lipinski definition) is 2. The number of benzene rings is 1. The van der Waals surface area contributed by atoms with Gasteiger partial charge in [0.25, 0.3) is 5.91 Å². The van der Waals surface area contributed by atoms with Gasteiger partial charge in [-0.05, 0) is 55.1 Å². The molecule has 3 aliphatic rings. The molecule has 3 saturated carbocycles. The van der Waals surface area contributed by atoms with Crippen LogP contribution in [0.4, 0.5) is 0 Å². The van der Waals surface area contributed by atoms with Crippen LogP contribution in [0.2, 0.25) is 0 Å². The quantitative estimate of drug-likeness (QED) is 0.885. The van der Waals surface area contributed by atoms with E-state index < -0.39 is 5.97 Å². The van der Waals surface area contributed by atoms with Crippen LogP contribution in [-0.4, -0.2) is 23.0 Å². The van der Waals surface area contributed by atoms with Crippen LogP contribution < -0.4 is 5.32 Å². The Morgan fingerprint density at radius 3 is 2.25 bits per heavy atom. The molecule has 0 aromatic heterocycles. The van der Waals surface area contributed by atoms with Crippen molar-refractivity contribution < 1.29 is 14.7 Å². The molecule has 4 rings (SSSR count).